The van der Waals surface area contributed by atoms with Crippen molar-refractivity contribution in [1.29, 1.82) is 5.26 Å². The Morgan fingerprint density at radius 1 is 1.50 bits per heavy atom. The van der Waals surface area contributed by atoms with Crippen LogP contribution in [0.25, 0.3) is 11.0 Å². The molecule has 0 spiro atoms. The molecule has 0 saturated carbocycles. The summed E-state index contributed by atoms with van der Waals surface area (Å²) in [4.78, 5) is 19.0. The molecule has 1 amide bonds. The van der Waals surface area contributed by atoms with Crippen molar-refractivity contribution in [3.63, 3.8) is 0 Å². The van der Waals surface area contributed by atoms with E-state index in [2.05, 4.69) is 21.3 Å². The zero-order chi connectivity index (χ0) is 15.1. The number of hydrogen-bond acceptors (Lipinski definition) is 5. The molecule has 6 nitrogen and oxygen atoms in total. The Balaban J connectivity index is 1.54. The van der Waals surface area contributed by atoms with Crippen LogP contribution in [0.1, 0.15) is 28.9 Å². The topological polar surface area (TPSA) is 82.2 Å². The molecule has 2 saturated heterocycles. The number of fused-ring (bicyclic) bond motifs is 3. The molecular formula is C16H16N4O2. The summed E-state index contributed by atoms with van der Waals surface area (Å²) in [6.07, 6.45) is 5.16. The molecule has 0 aliphatic carbocycles. The van der Waals surface area contributed by atoms with Crippen LogP contribution in [0.2, 0.25) is 0 Å². The lowest BCUT2D eigenvalue weighted by molar-refractivity contribution is 0.0904. The second-order valence-corrected chi connectivity index (χ2v) is 6.15. The van der Waals surface area contributed by atoms with Gasteiger partial charge in [0.2, 0.25) is 0 Å². The van der Waals surface area contributed by atoms with Gasteiger partial charge in [-0.15, -0.1) is 0 Å². The number of nitriles is 1. The molecule has 2 fully saturated rings. The first-order valence-electron chi connectivity index (χ1n) is 7.53. The standard InChI is InChI=1S/C16H16N4O2/c17-5-11-9-22-15-6-18-14(4-13(11)15)16(21)19-12-3-10-1-2-20(7-10)8-12/h4,6,9-10,12H,1-3,7-8H2,(H,19,21)/t10-,12-/m1/s1. The van der Waals surface area contributed by atoms with Crippen LogP contribution in [-0.4, -0.2) is 41.5 Å². The van der Waals surface area contributed by atoms with Crippen molar-refractivity contribution in [2.24, 2.45) is 5.92 Å². The maximum atomic E-state index is 12.4. The van der Waals surface area contributed by atoms with Crippen molar-refractivity contribution >= 4 is 16.9 Å². The van der Waals surface area contributed by atoms with Gasteiger partial charge in [0, 0.05) is 24.5 Å². The van der Waals surface area contributed by atoms with E-state index in [-0.39, 0.29) is 11.9 Å². The molecular weight excluding hydrogens is 280 g/mol. The minimum absolute atomic E-state index is 0.181. The lowest BCUT2D eigenvalue weighted by Gasteiger charge is -2.30. The maximum absolute atomic E-state index is 12.4. The summed E-state index contributed by atoms with van der Waals surface area (Å²) < 4.78 is 5.24. The Labute approximate surface area is 127 Å². The molecule has 2 aliphatic heterocycles. The van der Waals surface area contributed by atoms with Gasteiger partial charge in [-0.1, -0.05) is 0 Å². The predicted molar refractivity (Wildman–Crippen MR) is 79.1 cm³/mol. The maximum Gasteiger partial charge on any atom is 0.270 e. The largest absolute Gasteiger partial charge is 0.461 e. The second kappa shape index (κ2) is 5.11. The molecule has 2 aliphatic rings. The Kier molecular flexibility index (Phi) is 3.09. The van der Waals surface area contributed by atoms with Gasteiger partial charge in [-0.2, -0.15) is 5.26 Å². The summed E-state index contributed by atoms with van der Waals surface area (Å²) in [6.45, 7) is 3.22. The average molecular weight is 296 g/mol. The predicted octanol–water partition coefficient (Wildman–Crippen LogP) is 1.52. The van der Waals surface area contributed by atoms with Gasteiger partial charge < -0.3 is 14.6 Å². The highest BCUT2D eigenvalue weighted by molar-refractivity contribution is 5.96. The average Bonchev–Trinajstić information content (AvgIpc) is 3.09. The molecule has 112 valence electrons. The van der Waals surface area contributed by atoms with Gasteiger partial charge >= 0.3 is 0 Å². The number of piperidine rings is 1. The molecule has 2 aromatic rings. The number of furan rings is 1. The Morgan fingerprint density at radius 3 is 3.23 bits per heavy atom. The SMILES string of the molecule is N#Cc1coc2cnc(C(=O)N[C@@H]3C[C@H]4CCN(C4)C3)cc12. The van der Waals surface area contributed by atoms with Crippen LogP contribution in [-0.2, 0) is 0 Å². The Hall–Kier alpha value is -2.39. The normalized spacial score (nSPS) is 26.8. The summed E-state index contributed by atoms with van der Waals surface area (Å²) in [6, 6.07) is 3.87. The third kappa shape index (κ3) is 2.24. The van der Waals surface area contributed by atoms with Gasteiger partial charge in [0.1, 0.15) is 18.0 Å². The van der Waals surface area contributed by atoms with E-state index < -0.39 is 0 Å². The minimum Gasteiger partial charge on any atom is -0.461 e. The number of aromatic nitrogens is 1. The third-order valence-electron chi connectivity index (χ3n) is 4.62. The van der Waals surface area contributed by atoms with Crippen LogP contribution in [0.15, 0.2) is 22.9 Å². The van der Waals surface area contributed by atoms with Crippen LogP contribution in [0.5, 0.6) is 0 Å². The molecule has 1 unspecified atom stereocenters. The van der Waals surface area contributed by atoms with Crippen molar-refractivity contribution < 1.29 is 9.21 Å². The van der Waals surface area contributed by atoms with E-state index in [1.165, 1.54) is 18.9 Å². The van der Waals surface area contributed by atoms with Crippen LogP contribution < -0.4 is 5.32 Å². The van der Waals surface area contributed by atoms with Crippen molar-refractivity contribution in [2.75, 3.05) is 19.6 Å². The van der Waals surface area contributed by atoms with E-state index in [1.807, 2.05) is 0 Å². The van der Waals surface area contributed by atoms with Crippen molar-refractivity contribution in [1.82, 2.24) is 15.2 Å². The lowest BCUT2D eigenvalue weighted by atomic mass is 9.97. The number of rotatable bonds is 2. The van der Waals surface area contributed by atoms with Crippen LogP contribution >= 0.6 is 0 Å². The van der Waals surface area contributed by atoms with Gasteiger partial charge in [-0.3, -0.25) is 4.79 Å². The number of carbonyl (C=O) groups is 1. The molecule has 22 heavy (non-hydrogen) atoms. The smallest absolute Gasteiger partial charge is 0.270 e. The minimum atomic E-state index is -0.181. The zero-order valence-electron chi connectivity index (χ0n) is 12.1. The van der Waals surface area contributed by atoms with Crippen molar-refractivity contribution in [3.05, 3.63) is 29.8 Å². The fourth-order valence-corrected chi connectivity index (χ4v) is 3.57. The van der Waals surface area contributed by atoms with E-state index in [0.29, 0.717) is 28.1 Å². The molecule has 4 heterocycles. The summed E-state index contributed by atoms with van der Waals surface area (Å²) >= 11 is 0. The second-order valence-electron chi connectivity index (χ2n) is 6.15. The lowest BCUT2D eigenvalue weighted by Crippen LogP contribution is -2.47. The number of amides is 1. The molecule has 0 aromatic carbocycles. The van der Waals surface area contributed by atoms with Crippen molar-refractivity contribution in [3.8, 4) is 6.07 Å². The van der Waals surface area contributed by atoms with Gasteiger partial charge in [0.25, 0.3) is 5.91 Å². The summed E-state index contributed by atoms with van der Waals surface area (Å²) in [5, 5.41) is 12.8. The first kappa shape index (κ1) is 13.3. The first-order valence-corrected chi connectivity index (χ1v) is 7.53. The van der Waals surface area contributed by atoms with E-state index in [0.717, 1.165) is 26.1 Å². The molecule has 1 N–H and O–H groups in total. The van der Waals surface area contributed by atoms with Crippen LogP contribution in [0.4, 0.5) is 0 Å². The quantitative estimate of drug-likeness (QED) is 0.908. The van der Waals surface area contributed by atoms with E-state index in [9.17, 15) is 4.79 Å². The Morgan fingerprint density at radius 2 is 2.41 bits per heavy atom. The number of hydrogen-bond donors (Lipinski definition) is 1. The molecule has 0 radical (unpaired) electrons. The van der Waals surface area contributed by atoms with Crippen molar-refractivity contribution in [2.45, 2.75) is 18.9 Å². The highest BCUT2D eigenvalue weighted by Gasteiger charge is 2.33. The van der Waals surface area contributed by atoms with Gasteiger partial charge in [-0.05, 0) is 31.4 Å². The first-order chi connectivity index (χ1) is 10.7. The highest BCUT2D eigenvalue weighted by atomic mass is 16.3. The summed E-state index contributed by atoms with van der Waals surface area (Å²) in [5.74, 6) is 0.521. The molecule has 4 rings (SSSR count). The number of nitrogens with zero attached hydrogens (tertiary/aromatic N) is 3. The highest BCUT2D eigenvalue weighted by Crippen LogP contribution is 2.27. The monoisotopic (exact) mass is 296 g/mol. The number of carbonyl (C=O) groups excluding carboxylic acids is 1. The Bertz CT molecular complexity index is 764. The van der Waals surface area contributed by atoms with E-state index in [4.69, 9.17) is 9.68 Å². The van der Waals surface area contributed by atoms with Gasteiger partial charge in [0.15, 0.2) is 5.58 Å². The zero-order valence-corrected chi connectivity index (χ0v) is 12.1. The fourth-order valence-electron chi connectivity index (χ4n) is 3.57. The third-order valence-corrected chi connectivity index (χ3v) is 4.62. The summed E-state index contributed by atoms with van der Waals surface area (Å²) in [7, 11) is 0. The molecule has 2 bridgehead atoms. The fraction of sp³-hybridized carbons (Fsp3) is 0.438. The van der Waals surface area contributed by atoms with Gasteiger partial charge in [-0.25, -0.2) is 4.98 Å². The number of pyridine rings is 1. The van der Waals surface area contributed by atoms with Crippen LogP contribution in [0.3, 0.4) is 0 Å². The van der Waals surface area contributed by atoms with Crippen LogP contribution in [0, 0.1) is 17.2 Å². The van der Waals surface area contributed by atoms with E-state index in [1.54, 1.807) is 6.07 Å². The number of nitrogens with one attached hydrogen (secondary N) is 1. The molecule has 2 aromatic heterocycles. The molecule has 3 atom stereocenters. The van der Waals surface area contributed by atoms with Gasteiger partial charge in [0.05, 0.1) is 11.8 Å². The van der Waals surface area contributed by atoms with E-state index >= 15 is 0 Å². The summed E-state index contributed by atoms with van der Waals surface area (Å²) in [5.41, 5.74) is 1.28. The molecule has 6 heteroatoms.